The number of rotatable bonds is 3. The highest BCUT2D eigenvalue weighted by atomic mass is 32.1. The highest BCUT2D eigenvalue weighted by Gasteiger charge is 2.17. The molecular formula is C19H13N3O2S. The van der Waals surface area contributed by atoms with Crippen molar-refractivity contribution in [1.29, 1.82) is 5.26 Å². The number of nitrogens with zero attached hydrogens (tertiary/aromatic N) is 3. The molecule has 0 N–H and O–H groups in total. The molecule has 4 aromatic rings. The molecule has 6 heteroatoms. The van der Waals surface area contributed by atoms with Crippen molar-refractivity contribution >= 4 is 21.6 Å². The van der Waals surface area contributed by atoms with Crippen molar-refractivity contribution in [2.45, 2.75) is 13.5 Å². The van der Waals surface area contributed by atoms with Crippen LogP contribution in [-0.4, -0.2) is 9.55 Å². The van der Waals surface area contributed by atoms with Crippen LogP contribution in [0.2, 0.25) is 0 Å². The molecule has 122 valence electrons. The Hall–Kier alpha value is -3.17. The molecule has 0 aliphatic heterocycles. The first-order valence-corrected chi connectivity index (χ1v) is 8.57. The van der Waals surface area contributed by atoms with Crippen LogP contribution in [-0.2, 0) is 6.54 Å². The van der Waals surface area contributed by atoms with Crippen LogP contribution in [0, 0.1) is 18.3 Å². The summed E-state index contributed by atoms with van der Waals surface area (Å²) in [6.45, 7) is 2.19. The van der Waals surface area contributed by atoms with Gasteiger partial charge in [0.1, 0.15) is 16.4 Å². The third-order valence-corrected chi connectivity index (χ3v) is 4.94. The fourth-order valence-corrected chi connectivity index (χ4v) is 3.81. The zero-order chi connectivity index (χ0) is 17.4. The molecule has 0 unspecified atom stereocenters. The molecule has 5 nitrogen and oxygen atoms in total. The van der Waals surface area contributed by atoms with Crippen LogP contribution < -0.4 is 5.56 Å². The zero-order valence-electron chi connectivity index (χ0n) is 13.4. The van der Waals surface area contributed by atoms with E-state index in [4.69, 9.17) is 9.68 Å². The Bertz CT molecular complexity index is 1160. The Morgan fingerprint density at radius 1 is 1.32 bits per heavy atom. The molecule has 0 amide bonds. The van der Waals surface area contributed by atoms with Gasteiger partial charge >= 0.3 is 0 Å². The lowest BCUT2D eigenvalue weighted by Crippen LogP contribution is -2.24. The summed E-state index contributed by atoms with van der Waals surface area (Å²) in [6.07, 6.45) is 1.59. The van der Waals surface area contributed by atoms with Crippen molar-refractivity contribution in [3.63, 3.8) is 0 Å². The first-order chi connectivity index (χ1) is 12.2. The summed E-state index contributed by atoms with van der Waals surface area (Å²) in [6, 6.07) is 13.0. The molecule has 1 aromatic carbocycles. The summed E-state index contributed by atoms with van der Waals surface area (Å²) in [7, 11) is 0. The van der Waals surface area contributed by atoms with E-state index < -0.39 is 0 Å². The number of aryl methyl sites for hydroxylation is 1. The maximum atomic E-state index is 13.1. The number of nitriles is 1. The van der Waals surface area contributed by atoms with E-state index in [2.05, 4.69) is 11.1 Å². The average Bonchev–Trinajstić information content (AvgIpc) is 3.28. The number of furan rings is 1. The monoisotopic (exact) mass is 347 g/mol. The van der Waals surface area contributed by atoms with Crippen LogP contribution in [0.1, 0.15) is 17.0 Å². The highest BCUT2D eigenvalue weighted by molar-refractivity contribution is 7.17. The lowest BCUT2D eigenvalue weighted by atomic mass is 10.1. The normalized spacial score (nSPS) is 10.9. The summed E-state index contributed by atoms with van der Waals surface area (Å²) < 4.78 is 7.09. The minimum atomic E-state index is -0.0995. The molecule has 0 fully saturated rings. The summed E-state index contributed by atoms with van der Waals surface area (Å²) in [5, 5.41) is 11.5. The Morgan fingerprint density at radius 3 is 2.96 bits per heavy atom. The van der Waals surface area contributed by atoms with Crippen LogP contribution in [0.3, 0.4) is 0 Å². The van der Waals surface area contributed by atoms with E-state index in [1.807, 2.05) is 30.5 Å². The number of benzene rings is 1. The standard InChI is InChI=1S/C19H13N3O2S/c1-12-21-18-17(15(11-25-18)16-6-3-7-24-16)19(23)22(12)10-14-5-2-4-13(8-14)9-20/h2-8,11H,10H2,1H3. The molecule has 3 aromatic heterocycles. The van der Waals surface area contributed by atoms with E-state index in [0.29, 0.717) is 33.9 Å². The van der Waals surface area contributed by atoms with Crippen molar-refractivity contribution < 1.29 is 4.42 Å². The molecule has 0 saturated heterocycles. The van der Waals surface area contributed by atoms with Gasteiger partial charge in [-0.1, -0.05) is 12.1 Å². The van der Waals surface area contributed by atoms with Crippen molar-refractivity contribution in [2.75, 3.05) is 0 Å². The van der Waals surface area contributed by atoms with Gasteiger partial charge in [-0.2, -0.15) is 5.26 Å². The Kier molecular flexibility index (Phi) is 3.71. The highest BCUT2D eigenvalue weighted by Crippen LogP contribution is 2.31. The zero-order valence-corrected chi connectivity index (χ0v) is 14.2. The lowest BCUT2D eigenvalue weighted by molar-refractivity contribution is 0.583. The van der Waals surface area contributed by atoms with E-state index in [0.717, 1.165) is 11.1 Å². The van der Waals surface area contributed by atoms with Crippen molar-refractivity contribution in [2.24, 2.45) is 0 Å². The Morgan fingerprint density at radius 2 is 2.20 bits per heavy atom. The predicted molar refractivity (Wildman–Crippen MR) is 96.6 cm³/mol. The van der Waals surface area contributed by atoms with Gasteiger partial charge in [0.2, 0.25) is 0 Å². The number of hydrogen-bond acceptors (Lipinski definition) is 5. The van der Waals surface area contributed by atoms with E-state index in [9.17, 15) is 4.79 Å². The van der Waals surface area contributed by atoms with Crippen LogP contribution in [0.5, 0.6) is 0 Å². The molecule has 0 spiro atoms. The van der Waals surface area contributed by atoms with Gasteiger partial charge in [-0.05, 0) is 36.8 Å². The first kappa shape index (κ1) is 15.4. The Labute approximate surface area is 147 Å². The molecule has 0 aliphatic carbocycles. The molecule has 25 heavy (non-hydrogen) atoms. The second-order valence-corrected chi connectivity index (χ2v) is 6.53. The molecule has 0 radical (unpaired) electrons. The van der Waals surface area contributed by atoms with Crippen LogP contribution in [0.4, 0.5) is 0 Å². The van der Waals surface area contributed by atoms with Crippen LogP contribution in [0.15, 0.2) is 57.3 Å². The van der Waals surface area contributed by atoms with E-state index in [1.165, 1.54) is 11.3 Å². The van der Waals surface area contributed by atoms with Gasteiger partial charge in [0.05, 0.1) is 29.8 Å². The largest absolute Gasteiger partial charge is 0.464 e. The quantitative estimate of drug-likeness (QED) is 0.562. The fraction of sp³-hybridized carbons (Fsp3) is 0.105. The molecule has 0 bridgehead atoms. The molecular weight excluding hydrogens is 334 g/mol. The topological polar surface area (TPSA) is 71.8 Å². The summed E-state index contributed by atoms with van der Waals surface area (Å²) in [4.78, 5) is 18.4. The molecule has 3 heterocycles. The van der Waals surface area contributed by atoms with Crippen molar-refractivity contribution in [3.05, 3.63) is 75.3 Å². The first-order valence-electron chi connectivity index (χ1n) is 7.69. The molecule has 0 atom stereocenters. The maximum absolute atomic E-state index is 13.1. The second-order valence-electron chi connectivity index (χ2n) is 5.67. The van der Waals surface area contributed by atoms with Gasteiger partial charge in [-0.15, -0.1) is 11.3 Å². The smallest absolute Gasteiger partial charge is 0.263 e. The van der Waals surface area contributed by atoms with Gasteiger partial charge < -0.3 is 4.42 Å². The Balaban J connectivity index is 1.88. The number of thiophene rings is 1. The minimum Gasteiger partial charge on any atom is -0.464 e. The van der Waals surface area contributed by atoms with Gasteiger partial charge in [-0.25, -0.2) is 4.98 Å². The summed E-state index contributed by atoms with van der Waals surface area (Å²) in [5.41, 5.74) is 2.13. The van der Waals surface area contributed by atoms with Gasteiger partial charge in [0.15, 0.2) is 0 Å². The maximum Gasteiger partial charge on any atom is 0.263 e. The molecule has 0 aliphatic rings. The van der Waals surface area contributed by atoms with E-state index in [-0.39, 0.29) is 5.56 Å². The number of aromatic nitrogens is 2. The third kappa shape index (κ3) is 2.65. The van der Waals surface area contributed by atoms with E-state index in [1.54, 1.807) is 29.0 Å². The lowest BCUT2D eigenvalue weighted by Gasteiger charge is -2.10. The second kappa shape index (κ2) is 6.04. The summed E-state index contributed by atoms with van der Waals surface area (Å²) in [5.74, 6) is 1.31. The van der Waals surface area contributed by atoms with E-state index >= 15 is 0 Å². The van der Waals surface area contributed by atoms with Crippen molar-refractivity contribution in [1.82, 2.24) is 9.55 Å². The SMILES string of the molecule is Cc1nc2scc(-c3ccco3)c2c(=O)n1Cc1cccc(C#N)c1. The molecule has 4 rings (SSSR count). The van der Waals surface area contributed by atoms with Gasteiger partial charge in [-0.3, -0.25) is 9.36 Å². The molecule has 0 saturated carbocycles. The number of fused-ring (bicyclic) bond motifs is 1. The minimum absolute atomic E-state index is 0.0995. The fourth-order valence-electron chi connectivity index (χ4n) is 2.85. The average molecular weight is 347 g/mol. The van der Waals surface area contributed by atoms with Gasteiger partial charge in [0.25, 0.3) is 5.56 Å². The van der Waals surface area contributed by atoms with Crippen LogP contribution in [0.25, 0.3) is 21.5 Å². The van der Waals surface area contributed by atoms with Crippen molar-refractivity contribution in [3.8, 4) is 17.4 Å². The van der Waals surface area contributed by atoms with Gasteiger partial charge in [0, 0.05) is 10.9 Å². The third-order valence-electron chi connectivity index (χ3n) is 4.07. The summed E-state index contributed by atoms with van der Waals surface area (Å²) >= 11 is 1.43. The predicted octanol–water partition coefficient (Wildman–Crippen LogP) is 3.95. The number of hydrogen-bond donors (Lipinski definition) is 0. The van der Waals surface area contributed by atoms with Crippen LogP contribution >= 0.6 is 11.3 Å².